The molecule has 0 bridgehead atoms. The predicted octanol–water partition coefficient (Wildman–Crippen LogP) is 3.77. The van der Waals surface area contributed by atoms with Gasteiger partial charge in [-0.3, -0.25) is 9.59 Å². The number of hydrogen-bond acceptors (Lipinski definition) is 2. The zero-order valence-corrected chi connectivity index (χ0v) is 13.9. The van der Waals surface area contributed by atoms with Crippen molar-refractivity contribution in [1.82, 2.24) is 0 Å². The van der Waals surface area contributed by atoms with E-state index in [2.05, 4.69) is 13.8 Å². The molecule has 4 nitrogen and oxygen atoms in total. The summed E-state index contributed by atoms with van der Waals surface area (Å²) < 4.78 is 0. The SMILES string of the molecule is CCCCC.NC(=O)c1ccccc1.NC(=O)c1ccccc1. The lowest BCUT2D eigenvalue weighted by atomic mass is 10.2. The van der Waals surface area contributed by atoms with Gasteiger partial charge in [-0.05, 0) is 24.3 Å². The van der Waals surface area contributed by atoms with Crippen LogP contribution < -0.4 is 11.5 Å². The van der Waals surface area contributed by atoms with Crippen molar-refractivity contribution in [1.29, 1.82) is 0 Å². The van der Waals surface area contributed by atoms with Crippen LogP contribution in [0.2, 0.25) is 0 Å². The largest absolute Gasteiger partial charge is 0.366 e. The fourth-order valence-electron chi connectivity index (χ4n) is 1.56. The summed E-state index contributed by atoms with van der Waals surface area (Å²) in [6.45, 7) is 4.42. The Hall–Kier alpha value is -2.62. The number of carbonyl (C=O) groups is 2. The Morgan fingerprint density at radius 3 is 1.13 bits per heavy atom. The van der Waals surface area contributed by atoms with E-state index in [0.29, 0.717) is 11.1 Å². The van der Waals surface area contributed by atoms with E-state index in [0.717, 1.165) is 0 Å². The highest BCUT2D eigenvalue weighted by Crippen LogP contribution is 1.95. The van der Waals surface area contributed by atoms with Crippen molar-refractivity contribution in [3.8, 4) is 0 Å². The molecule has 0 saturated heterocycles. The highest BCUT2D eigenvalue weighted by Gasteiger charge is 1.94. The first-order valence-corrected chi connectivity index (χ1v) is 7.72. The van der Waals surface area contributed by atoms with E-state index in [9.17, 15) is 9.59 Å². The van der Waals surface area contributed by atoms with Gasteiger partial charge in [0.1, 0.15) is 0 Å². The highest BCUT2D eigenvalue weighted by atomic mass is 16.1. The molecule has 0 radical (unpaired) electrons. The maximum atomic E-state index is 10.4. The number of rotatable bonds is 4. The fraction of sp³-hybridized carbons (Fsp3) is 0.263. The molecule has 0 atom stereocenters. The van der Waals surface area contributed by atoms with Gasteiger partial charge in [0.15, 0.2) is 0 Å². The number of hydrogen-bond donors (Lipinski definition) is 2. The summed E-state index contributed by atoms with van der Waals surface area (Å²) in [6.07, 6.45) is 4.08. The minimum atomic E-state index is -0.379. The van der Waals surface area contributed by atoms with Crippen LogP contribution in [0.3, 0.4) is 0 Å². The van der Waals surface area contributed by atoms with Crippen LogP contribution in [-0.4, -0.2) is 11.8 Å². The minimum Gasteiger partial charge on any atom is -0.366 e. The van der Waals surface area contributed by atoms with Crippen LogP contribution in [0.25, 0.3) is 0 Å². The number of benzene rings is 2. The lowest BCUT2D eigenvalue weighted by Gasteiger charge is -1.89. The van der Waals surface area contributed by atoms with Gasteiger partial charge in [0.25, 0.3) is 0 Å². The van der Waals surface area contributed by atoms with E-state index in [1.54, 1.807) is 48.5 Å². The van der Waals surface area contributed by atoms with E-state index in [-0.39, 0.29) is 11.8 Å². The molecule has 4 N–H and O–H groups in total. The first-order chi connectivity index (χ1) is 11.0. The van der Waals surface area contributed by atoms with Crippen molar-refractivity contribution < 1.29 is 9.59 Å². The van der Waals surface area contributed by atoms with E-state index in [1.165, 1.54) is 19.3 Å². The summed E-state index contributed by atoms with van der Waals surface area (Å²) in [7, 11) is 0. The van der Waals surface area contributed by atoms with Crippen LogP contribution in [0.15, 0.2) is 60.7 Å². The third kappa shape index (κ3) is 10.7. The summed E-state index contributed by atoms with van der Waals surface area (Å²) >= 11 is 0. The lowest BCUT2D eigenvalue weighted by molar-refractivity contribution is 0.0992. The van der Waals surface area contributed by atoms with Crippen molar-refractivity contribution >= 4 is 11.8 Å². The van der Waals surface area contributed by atoms with E-state index >= 15 is 0 Å². The summed E-state index contributed by atoms with van der Waals surface area (Å²) in [4.78, 5) is 20.8. The summed E-state index contributed by atoms with van der Waals surface area (Å²) in [5.41, 5.74) is 11.1. The second-order valence-corrected chi connectivity index (χ2v) is 4.81. The molecule has 0 heterocycles. The molecule has 124 valence electrons. The molecule has 0 aromatic heterocycles. The zero-order valence-electron chi connectivity index (χ0n) is 13.9. The average molecular weight is 314 g/mol. The van der Waals surface area contributed by atoms with Crippen molar-refractivity contribution in [2.75, 3.05) is 0 Å². The molecule has 0 aliphatic heterocycles. The normalized spacial score (nSPS) is 8.78. The molecular formula is C19H26N2O2. The van der Waals surface area contributed by atoms with E-state index < -0.39 is 0 Å². The molecule has 2 rings (SSSR count). The summed E-state index contributed by atoms with van der Waals surface area (Å²) in [6, 6.07) is 17.5. The van der Waals surface area contributed by atoms with Gasteiger partial charge in [-0.1, -0.05) is 69.5 Å². The molecule has 0 saturated carbocycles. The molecule has 0 aliphatic carbocycles. The second kappa shape index (κ2) is 13.1. The van der Waals surface area contributed by atoms with Gasteiger partial charge in [-0.2, -0.15) is 0 Å². The lowest BCUT2D eigenvalue weighted by Crippen LogP contribution is -2.09. The maximum absolute atomic E-state index is 10.4. The van der Waals surface area contributed by atoms with Gasteiger partial charge in [0.05, 0.1) is 0 Å². The van der Waals surface area contributed by atoms with Gasteiger partial charge >= 0.3 is 0 Å². The van der Waals surface area contributed by atoms with Crippen molar-refractivity contribution in [2.24, 2.45) is 11.5 Å². The number of amides is 2. The number of nitrogens with two attached hydrogens (primary N) is 2. The number of carbonyl (C=O) groups excluding carboxylic acids is 2. The van der Waals surface area contributed by atoms with E-state index in [1.807, 2.05) is 12.1 Å². The molecule has 23 heavy (non-hydrogen) atoms. The van der Waals surface area contributed by atoms with Crippen LogP contribution in [-0.2, 0) is 0 Å². The van der Waals surface area contributed by atoms with Crippen molar-refractivity contribution in [3.63, 3.8) is 0 Å². The van der Waals surface area contributed by atoms with Gasteiger partial charge < -0.3 is 11.5 Å². The minimum absolute atomic E-state index is 0.379. The van der Waals surface area contributed by atoms with E-state index in [4.69, 9.17) is 11.5 Å². The Labute approximate surface area is 138 Å². The molecule has 2 aromatic rings. The summed E-state index contributed by atoms with van der Waals surface area (Å²) in [5, 5.41) is 0. The molecule has 0 spiro atoms. The molecule has 2 aromatic carbocycles. The van der Waals surface area contributed by atoms with Gasteiger partial charge in [-0.15, -0.1) is 0 Å². The number of unbranched alkanes of at least 4 members (excludes halogenated alkanes) is 2. The zero-order chi connectivity index (χ0) is 17.5. The van der Waals surface area contributed by atoms with Crippen molar-refractivity contribution in [2.45, 2.75) is 33.1 Å². The van der Waals surface area contributed by atoms with Crippen LogP contribution in [0.1, 0.15) is 53.8 Å². The maximum Gasteiger partial charge on any atom is 0.248 e. The molecular weight excluding hydrogens is 288 g/mol. The van der Waals surface area contributed by atoms with Crippen LogP contribution >= 0.6 is 0 Å². The molecule has 2 amide bonds. The van der Waals surface area contributed by atoms with Gasteiger partial charge in [0, 0.05) is 11.1 Å². The molecule has 4 heteroatoms. The first-order valence-electron chi connectivity index (χ1n) is 7.72. The average Bonchev–Trinajstić information content (AvgIpc) is 2.58. The quantitative estimate of drug-likeness (QED) is 0.900. The first kappa shape index (κ1) is 20.4. The Bertz CT molecular complexity index is 503. The number of primary amides is 2. The third-order valence-electron chi connectivity index (χ3n) is 2.82. The Balaban J connectivity index is 0.000000332. The fourth-order valence-corrected chi connectivity index (χ4v) is 1.56. The second-order valence-electron chi connectivity index (χ2n) is 4.81. The highest BCUT2D eigenvalue weighted by molar-refractivity contribution is 5.93. The Kier molecular flexibility index (Phi) is 11.6. The van der Waals surface area contributed by atoms with Gasteiger partial charge in [-0.25, -0.2) is 0 Å². The van der Waals surface area contributed by atoms with Crippen LogP contribution in [0.4, 0.5) is 0 Å². The standard InChI is InChI=1S/2C7H7NO.C5H12/c2*8-7(9)6-4-2-1-3-5-6;1-3-5-4-2/h2*1-5H,(H2,8,9);3-5H2,1-2H3. The Morgan fingerprint density at radius 2 is 1.00 bits per heavy atom. The molecule has 0 aliphatic rings. The summed E-state index contributed by atoms with van der Waals surface area (Å²) in [5.74, 6) is -0.758. The van der Waals surface area contributed by atoms with Crippen molar-refractivity contribution in [3.05, 3.63) is 71.8 Å². The Morgan fingerprint density at radius 1 is 0.696 bits per heavy atom. The van der Waals surface area contributed by atoms with Gasteiger partial charge in [0.2, 0.25) is 11.8 Å². The third-order valence-corrected chi connectivity index (χ3v) is 2.82. The van der Waals surface area contributed by atoms with Crippen LogP contribution in [0.5, 0.6) is 0 Å². The predicted molar refractivity (Wildman–Crippen MR) is 95.1 cm³/mol. The monoisotopic (exact) mass is 314 g/mol. The molecule has 0 unspecified atom stereocenters. The topological polar surface area (TPSA) is 86.2 Å². The molecule has 0 fully saturated rings. The smallest absolute Gasteiger partial charge is 0.248 e. The van der Waals surface area contributed by atoms with Crippen LogP contribution in [0, 0.1) is 0 Å².